The Morgan fingerprint density at radius 1 is 1.56 bits per heavy atom. The first-order valence-electron chi connectivity index (χ1n) is 8.79. The van der Waals surface area contributed by atoms with Crippen LogP contribution in [0.4, 0.5) is 0 Å². The highest BCUT2D eigenvalue weighted by Crippen LogP contribution is 2.28. The number of hydrogen-bond acceptors (Lipinski definition) is 5. The number of aliphatic hydroxyl groups is 1. The summed E-state index contributed by atoms with van der Waals surface area (Å²) in [6.45, 7) is 8.31. The predicted molar refractivity (Wildman–Crippen MR) is 101 cm³/mol. The van der Waals surface area contributed by atoms with E-state index in [1.807, 2.05) is 6.92 Å². The SMILES string of the molecule is CCCN(C)C[C@H]1Oc2ncc(Br)cc2C(=O)N([C@H](C)CO)C[C@H]1C. The van der Waals surface area contributed by atoms with Crippen molar-refractivity contribution in [1.82, 2.24) is 14.8 Å². The van der Waals surface area contributed by atoms with Gasteiger partial charge in [-0.2, -0.15) is 0 Å². The van der Waals surface area contributed by atoms with Crippen LogP contribution < -0.4 is 4.74 Å². The number of ether oxygens (including phenoxy) is 1. The fourth-order valence-electron chi connectivity index (χ4n) is 3.07. The van der Waals surface area contributed by atoms with Crippen molar-refractivity contribution >= 4 is 21.8 Å². The number of likely N-dealkylation sites (N-methyl/N-ethyl adjacent to an activating group) is 1. The molecule has 2 heterocycles. The summed E-state index contributed by atoms with van der Waals surface area (Å²) in [5.41, 5.74) is 0.435. The van der Waals surface area contributed by atoms with Crippen LogP contribution in [0.5, 0.6) is 5.88 Å². The van der Waals surface area contributed by atoms with Gasteiger partial charge in [0.15, 0.2) is 0 Å². The van der Waals surface area contributed by atoms with Crippen molar-refractivity contribution in [1.29, 1.82) is 0 Å². The molecule has 0 aromatic carbocycles. The van der Waals surface area contributed by atoms with Crippen molar-refractivity contribution in [3.05, 3.63) is 22.3 Å². The van der Waals surface area contributed by atoms with Crippen LogP contribution in [0.25, 0.3) is 0 Å². The number of pyridine rings is 1. The van der Waals surface area contributed by atoms with E-state index in [0.29, 0.717) is 18.0 Å². The van der Waals surface area contributed by atoms with Crippen molar-refractivity contribution < 1.29 is 14.6 Å². The van der Waals surface area contributed by atoms with E-state index in [1.54, 1.807) is 17.2 Å². The molecular formula is C18H28BrN3O3. The molecule has 0 radical (unpaired) electrons. The van der Waals surface area contributed by atoms with Crippen molar-refractivity contribution in [2.24, 2.45) is 5.92 Å². The van der Waals surface area contributed by atoms with Gasteiger partial charge in [-0.3, -0.25) is 4.79 Å². The Hall–Kier alpha value is -1.18. The Morgan fingerprint density at radius 2 is 2.28 bits per heavy atom. The maximum atomic E-state index is 13.0. The minimum Gasteiger partial charge on any atom is -0.472 e. The fourth-order valence-corrected chi connectivity index (χ4v) is 3.41. The normalized spacial score (nSPS) is 22.2. The van der Waals surface area contributed by atoms with Gasteiger partial charge in [-0.1, -0.05) is 13.8 Å². The molecule has 1 N–H and O–H groups in total. The number of aromatic nitrogens is 1. The highest BCUT2D eigenvalue weighted by Gasteiger charge is 2.34. The van der Waals surface area contributed by atoms with Crippen LogP contribution in [0, 0.1) is 5.92 Å². The molecule has 1 aliphatic rings. The van der Waals surface area contributed by atoms with Gasteiger partial charge >= 0.3 is 0 Å². The molecule has 1 aromatic heterocycles. The van der Waals surface area contributed by atoms with E-state index in [9.17, 15) is 9.90 Å². The van der Waals surface area contributed by atoms with Crippen LogP contribution in [0.1, 0.15) is 37.6 Å². The summed E-state index contributed by atoms with van der Waals surface area (Å²) in [5.74, 6) is 0.332. The van der Waals surface area contributed by atoms with E-state index >= 15 is 0 Å². The van der Waals surface area contributed by atoms with Gasteiger partial charge in [0, 0.05) is 29.7 Å². The smallest absolute Gasteiger partial charge is 0.259 e. The van der Waals surface area contributed by atoms with Crippen LogP contribution in [0.15, 0.2) is 16.7 Å². The lowest BCUT2D eigenvalue weighted by molar-refractivity contribution is 0.0331. The molecule has 7 heteroatoms. The summed E-state index contributed by atoms with van der Waals surface area (Å²) in [7, 11) is 2.08. The minimum atomic E-state index is -0.256. The second-order valence-corrected chi connectivity index (χ2v) is 7.81. The highest BCUT2D eigenvalue weighted by atomic mass is 79.9. The Labute approximate surface area is 158 Å². The topological polar surface area (TPSA) is 65.9 Å². The quantitative estimate of drug-likeness (QED) is 0.775. The van der Waals surface area contributed by atoms with Gasteiger partial charge in [-0.05, 0) is 48.9 Å². The van der Waals surface area contributed by atoms with E-state index in [2.05, 4.69) is 46.7 Å². The number of carbonyl (C=O) groups is 1. The number of rotatable bonds is 6. The Bertz CT molecular complexity index is 599. The minimum absolute atomic E-state index is 0.0729. The molecule has 0 bridgehead atoms. The summed E-state index contributed by atoms with van der Waals surface area (Å²) < 4.78 is 6.90. The van der Waals surface area contributed by atoms with Gasteiger partial charge in [0.1, 0.15) is 11.7 Å². The maximum Gasteiger partial charge on any atom is 0.259 e. The van der Waals surface area contributed by atoms with E-state index in [0.717, 1.165) is 24.0 Å². The maximum absolute atomic E-state index is 13.0. The standard InChI is InChI=1S/C18H28BrN3O3/c1-5-6-21(4)10-16-12(2)9-22(13(3)11-23)18(24)15-7-14(19)8-20-17(15)25-16/h7-8,12-13,16,23H,5-6,9-11H2,1-4H3/t12-,13-,16-/m1/s1. The Balaban J connectivity index is 2.38. The third-order valence-corrected chi connectivity index (χ3v) is 5.02. The average molecular weight is 414 g/mol. The van der Waals surface area contributed by atoms with Gasteiger partial charge in [0.25, 0.3) is 5.91 Å². The first-order chi connectivity index (χ1) is 11.9. The highest BCUT2D eigenvalue weighted by molar-refractivity contribution is 9.10. The molecule has 3 atom stereocenters. The molecule has 0 aliphatic carbocycles. The van der Waals surface area contributed by atoms with Crippen LogP contribution in [-0.2, 0) is 0 Å². The summed E-state index contributed by atoms with van der Waals surface area (Å²) >= 11 is 3.38. The zero-order chi connectivity index (χ0) is 18.6. The molecule has 6 nitrogen and oxygen atoms in total. The summed E-state index contributed by atoms with van der Waals surface area (Å²) in [5, 5.41) is 9.58. The molecule has 0 fully saturated rings. The molecular weight excluding hydrogens is 386 g/mol. The van der Waals surface area contributed by atoms with Crippen LogP contribution in [0.3, 0.4) is 0 Å². The van der Waals surface area contributed by atoms with E-state index in [1.165, 1.54) is 0 Å². The molecule has 25 heavy (non-hydrogen) atoms. The molecule has 2 rings (SSSR count). The summed E-state index contributed by atoms with van der Waals surface area (Å²) in [6, 6.07) is 1.48. The monoisotopic (exact) mass is 413 g/mol. The van der Waals surface area contributed by atoms with E-state index in [4.69, 9.17) is 4.74 Å². The van der Waals surface area contributed by atoms with Crippen molar-refractivity contribution in [2.45, 2.75) is 39.3 Å². The number of hydrogen-bond donors (Lipinski definition) is 1. The van der Waals surface area contributed by atoms with Crippen LogP contribution in [-0.4, -0.2) is 71.2 Å². The molecule has 1 aromatic rings. The second kappa shape index (κ2) is 8.96. The second-order valence-electron chi connectivity index (χ2n) is 6.89. The Morgan fingerprint density at radius 3 is 2.92 bits per heavy atom. The van der Waals surface area contributed by atoms with E-state index < -0.39 is 0 Å². The largest absolute Gasteiger partial charge is 0.472 e. The first kappa shape index (κ1) is 20.1. The van der Waals surface area contributed by atoms with Crippen molar-refractivity contribution in [3.63, 3.8) is 0 Å². The zero-order valence-electron chi connectivity index (χ0n) is 15.4. The number of nitrogens with zero attached hydrogens (tertiary/aromatic N) is 3. The number of amides is 1. The molecule has 0 unspecified atom stereocenters. The van der Waals surface area contributed by atoms with Crippen LogP contribution >= 0.6 is 15.9 Å². The fraction of sp³-hybridized carbons (Fsp3) is 0.667. The third-order valence-electron chi connectivity index (χ3n) is 4.58. The van der Waals surface area contributed by atoms with Crippen molar-refractivity contribution in [2.75, 3.05) is 33.3 Å². The average Bonchev–Trinajstić information content (AvgIpc) is 2.58. The number of fused-ring (bicyclic) bond motifs is 1. The summed E-state index contributed by atoms with van der Waals surface area (Å²) in [4.78, 5) is 21.3. The Kier molecular flexibility index (Phi) is 7.22. The van der Waals surface area contributed by atoms with Gasteiger partial charge in [-0.15, -0.1) is 0 Å². The predicted octanol–water partition coefficient (Wildman–Crippen LogP) is 2.41. The zero-order valence-corrected chi connectivity index (χ0v) is 17.0. The molecule has 140 valence electrons. The first-order valence-corrected chi connectivity index (χ1v) is 9.59. The molecule has 0 saturated carbocycles. The molecule has 0 saturated heterocycles. The lowest BCUT2D eigenvalue weighted by atomic mass is 10.00. The number of halogens is 1. The van der Waals surface area contributed by atoms with Gasteiger partial charge < -0.3 is 19.6 Å². The van der Waals surface area contributed by atoms with Gasteiger partial charge in [0.2, 0.25) is 5.88 Å². The number of carbonyl (C=O) groups excluding carboxylic acids is 1. The molecule has 1 aliphatic heterocycles. The van der Waals surface area contributed by atoms with Crippen molar-refractivity contribution in [3.8, 4) is 5.88 Å². The molecule has 0 spiro atoms. The van der Waals surface area contributed by atoms with Crippen LogP contribution in [0.2, 0.25) is 0 Å². The van der Waals surface area contributed by atoms with Gasteiger partial charge in [-0.25, -0.2) is 4.98 Å². The third kappa shape index (κ3) is 4.92. The van der Waals surface area contributed by atoms with Gasteiger partial charge in [0.05, 0.1) is 12.6 Å². The molecule has 1 amide bonds. The lowest BCUT2D eigenvalue weighted by Crippen LogP contribution is -2.50. The van der Waals surface area contributed by atoms with E-state index in [-0.39, 0.29) is 30.6 Å². The lowest BCUT2D eigenvalue weighted by Gasteiger charge is -2.37. The summed E-state index contributed by atoms with van der Waals surface area (Å²) in [6.07, 6.45) is 2.64. The number of aliphatic hydroxyl groups excluding tert-OH is 1.